The molecule has 29 heavy (non-hydrogen) atoms. The van der Waals surface area contributed by atoms with Gasteiger partial charge in [-0.2, -0.15) is 0 Å². The molecule has 0 aliphatic carbocycles. The molecule has 1 aromatic carbocycles. The van der Waals surface area contributed by atoms with E-state index in [2.05, 4.69) is 0 Å². The van der Waals surface area contributed by atoms with E-state index in [4.69, 9.17) is 13.9 Å². The van der Waals surface area contributed by atoms with Gasteiger partial charge in [0.15, 0.2) is 16.4 Å². The Bertz CT molecular complexity index is 1070. The van der Waals surface area contributed by atoms with E-state index in [0.29, 0.717) is 36.5 Å². The van der Waals surface area contributed by atoms with Crippen LogP contribution in [0.3, 0.4) is 0 Å². The van der Waals surface area contributed by atoms with Gasteiger partial charge in [0.1, 0.15) is 11.3 Å². The molecule has 0 bridgehead atoms. The smallest absolute Gasteiger partial charge is 0.336 e. The highest BCUT2D eigenvalue weighted by Crippen LogP contribution is 2.28. The maximum Gasteiger partial charge on any atom is 0.336 e. The number of rotatable bonds is 7. The minimum absolute atomic E-state index is 0.0398. The molecule has 3 rings (SSSR count). The maximum absolute atomic E-state index is 12.8. The fraction of sp³-hybridized carbons (Fsp3) is 0.500. The van der Waals surface area contributed by atoms with Gasteiger partial charge in [-0.25, -0.2) is 13.2 Å². The van der Waals surface area contributed by atoms with Gasteiger partial charge < -0.3 is 18.8 Å². The third-order valence-corrected chi connectivity index (χ3v) is 6.93. The van der Waals surface area contributed by atoms with Crippen LogP contribution in [0.2, 0.25) is 0 Å². The quantitative estimate of drug-likeness (QED) is 0.621. The molecule has 1 aromatic heterocycles. The third kappa shape index (κ3) is 4.79. The first-order valence-electron chi connectivity index (χ1n) is 9.37. The number of benzene rings is 1. The summed E-state index contributed by atoms with van der Waals surface area (Å²) in [6.07, 6.45) is 0.414. The van der Waals surface area contributed by atoms with Crippen molar-refractivity contribution >= 4 is 26.7 Å². The number of hydrogen-bond acceptors (Lipinski definition) is 7. The van der Waals surface area contributed by atoms with Crippen molar-refractivity contribution in [3.8, 4) is 5.75 Å². The summed E-state index contributed by atoms with van der Waals surface area (Å²) < 4.78 is 39.7. The first-order valence-corrected chi connectivity index (χ1v) is 11.2. The monoisotopic (exact) mass is 423 g/mol. The van der Waals surface area contributed by atoms with Crippen LogP contribution in [0.4, 0.5) is 0 Å². The van der Waals surface area contributed by atoms with E-state index >= 15 is 0 Å². The summed E-state index contributed by atoms with van der Waals surface area (Å²) in [5, 5.41) is 0.804. The van der Waals surface area contributed by atoms with Crippen LogP contribution in [0.25, 0.3) is 11.0 Å². The number of ether oxygens (including phenoxy) is 2. The van der Waals surface area contributed by atoms with Crippen molar-refractivity contribution in [1.29, 1.82) is 0 Å². The van der Waals surface area contributed by atoms with E-state index in [9.17, 15) is 18.0 Å². The topological polar surface area (TPSA) is 103 Å². The summed E-state index contributed by atoms with van der Waals surface area (Å²) in [6.45, 7) is 3.94. The Kier molecular flexibility index (Phi) is 6.28. The molecule has 0 spiro atoms. The van der Waals surface area contributed by atoms with Crippen LogP contribution in [-0.2, 0) is 19.4 Å². The Morgan fingerprint density at radius 2 is 2.07 bits per heavy atom. The van der Waals surface area contributed by atoms with E-state index < -0.39 is 15.5 Å². The zero-order valence-corrected chi connectivity index (χ0v) is 17.6. The second-order valence-corrected chi connectivity index (χ2v) is 9.47. The Morgan fingerprint density at radius 1 is 1.31 bits per heavy atom. The highest BCUT2D eigenvalue weighted by atomic mass is 32.2. The van der Waals surface area contributed by atoms with Crippen molar-refractivity contribution in [3.63, 3.8) is 0 Å². The zero-order chi connectivity index (χ0) is 21.2. The molecule has 158 valence electrons. The largest absolute Gasteiger partial charge is 0.483 e. The van der Waals surface area contributed by atoms with Crippen LogP contribution in [0.15, 0.2) is 27.4 Å². The summed E-state index contributed by atoms with van der Waals surface area (Å²) in [5.74, 6) is 0.166. The first kappa shape index (κ1) is 21.3. The van der Waals surface area contributed by atoms with E-state index in [1.807, 2.05) is 6.92 Å². The van der Waals surface area contributed by atoms with Crippen molar-refractivity contribution in [2.24, 2.45) is 0 Å². The predicted octanol–water partition coefficient (Wildman–Crippen LogP) is 1.45. The van der Waals surface area contributed by atoms with E-state index in [0.717, 1.165) is 10.9 Å². The molecular weight excluding hydrogens is 398 g/mol. The number of sulfone groups is 1. The molecule has 1 aliphatic rings. The predicted molar refractivity (Wildman–Crippen MR) is 108 cm³/mol. The molecule has 8 nitrogen and oxygen atoms in total. The molecule has 9 heteroatoms. The number of fused-ring (bicyclic) bond motifs is 1. The van der Waals surface area contributed by atoms with Crippen LogP contribution in [0.1, 0.15) is 17.5 Å². The van der Waals surface area contributed by atoms with Crippen molar-refractivity contribution in [2.45, 2.75) is 26.3 Å². The van der Waals surface area contributed by atoms with Crippen LogP contribution in [-0.4, -0.2) is 63.6 Å². The normalized spacial score (nSPS) is 18.1. The lowest BCUT2D eigenvalue weighted by atomic mass is 10.1. The highest BCUT2D eigenvalue weighted by molar-refractivity contribution is 7.91. The van der Waals surface area contributed by atoms with Gasteiger partial charge in [-0.3, -0.25) is 4.79 Å². The summed E-state index contributed by atoms with van der Waals surface area (Å²) in [7, 11) is -1.60. The van der Waals surface area contributed by atoms with E-state index in [-0.39, 0.29) is 30.1 Å². The van der Waals surface area contributed by atoms with Gasteiger partial charge >= 0.3 is 5.63 Å². The lowest BCUT2D eigenvalue weighted by Crippen LogP contribution is -2.45. The molecule has 0 unspecified atom stereocenters. The SMILES string of the molecule is COCCN(C(=O)COc1ccc2c(C)cc(=O)oc2c1C)[C@@H]1CCS(=O)(=O)C1. The van der Waals surface area contributed by atoms with Gasteiger partial charge in [-0.15, -0.1) is 0 Å². The van der Waals surface area contributed by atoms with E-state index in [1.165, 1.54) is 18.1 Å². The Morgan fingerprint density at radius 3 is 2.72 bits per heavy atom. The van der Waals surface area contributed by atoms with Gasteiger partial charge in [0.05, 0.1) is 18.1 Å². The average Bonchev–Trinajstić information content (AvgIpc) is 3.01. The number of nitrogens with zero attached hydrogens (tertiary/aromatic N) is 1. The van der Waals surface area contributed by atoms with E-state index in [1.54, 1.807) is 19.1 Å². The van der Waals surface area contributed by atoms with Gasteiger partial charge in [0.2, 0.25) is 0 Å². The Hall–Kier alpha value is -2.39. The highest BCUT2D eigenvalue weighted by Gasteiger charge is 2.34. The van der Waals surface area contributed by atoms with Crippen LogP contribution >= 0.6 is 0 Å². The molecule has 2 aromatic rings. The minimum Gasteiger partial charge on any atom is -0.483 e. The van der Waals surface area contributed by atoms with Crippen molar-refractivity contribution < 1.29 is 27.1 Å². The molecule has 0 radical (unpaired) electrons. The second kappa shape index (κ2) is 8.54. The maximum atomic E-state index is 12.8. The van der Waals surface area contributed by atoms with Crippen LogP contribution < -0.4 is 10.4 Å². The third-order valence-electron chi connectivity index (χ3n) is 5.18. The molecule has 0 N–H and O–H groups in total. The number of hydrogen-bond donors (Lipinski definition) is 0. The summed E-state index contributed by atoms with van der Waals surface area (Å²) in [5.41, 5.74) is 1.41. The standard InChI is InChI=1S/C20H25NO7S/c1-13-10-19(23)28-20-14(2)17(5-4-16(13)20)27-11-18(22)21(7-8-26-3)15-6-9-29(24,25)12-15/h4-5,10,15H,6-9,11-12H2,1-3H3/t15-/m1/s1. The number of carbonyl (C=O) groups is 1. The molecule has 1 aliphatic heterocycles. The second-order valence-electron chi connectivity index (χ2n) is 7.24. The lowest BCUT2D eigenvalue weighted by Gasteiger charge is -2.28. The number of methoxy groups -OCH3 is 1. The van der Waals surface area contributed by atoms with Gasteiger partial charge in [0.25, 0.3) is 5.91 Å². The van der Waals surface area contributed by atoms with Gasteiger partial charge in [-0.05, 0) is 38.0 Å². The van der Waals surface area contributed by atoms with Gasteiger partial charge in [-0.1, -0.05) is 0 Å². The number of aryl methyl sites for hydroxylation is 2. The molecule has 1 fully saturated rings. The van der Waals surface area contributed by atoms with Crippen molar-refractivity contribution in [2.75, 3.05) is 38.4 Å². The molecule has 1 amide bonds. The number of carbonyl (C=O) groups excluding carboxylic acids is 1. The Balaban J connectivity index is 1.77. The lowest BCUT2D eigenvalue weighted by molar-refractivity contribution is -0.136. The molecule has 0 saturated carbocycles. The van der Waals surface area contributed by atoms with Crippen LogP contribution in [0, 0.1) is 13.8 Å². The van der Waals surface area contributed by atoms with Crippen LogP contribution in [0.5, 0.6) is 5.75 Å². The fourth-order valence-corrected chi connectivity index (χ4v) is 5.33. The van der Waals surface area contributed by atoms with Crippen molar-refractivity contribution in [3.05, 3.63) is 39.7 Å². The average molecular weight is 423 g/mol. The fourth-order valence-electron chi connectivity index (χ4n) is 3.60. The first-order chi connectivity index (χ1) is 13.7. The van der Waals surface area contributed by atoms with Crippen molar-refractivity contribution in [1.82, 2.24) is 4.90 Å². The summed E-state index contributed by atoms with van der Waals surface area (Å²) >= 11 is 0. The zero-order valence-electron chi connectivity index (χ0n) is 16.8. The summed E-state index contributed by atoms with van der Waals surface area (Å²) in [6, 6.07) is 4.57. The number of amides is 1. The molecular formula is C20H25NO7S. The molecule has 1 atom stereocenters. The Labute approximate surface area is 169 Å². The molecule has 2 heterocycles. The van der Waals surface area contributed by atoms with Gasteiger partial charge in [0, 0.05) is 36.7 Å². The summed E-state index contributed by atoms with van der Waals surface area (Å²) in [4.78, 5) is 26.0. The minimum atomic E-state index is -3.12. The molecule has 1 saturated heterocycles.